The molecule has 1 unspecified atom stereocenters. The molecule has 2 aromatic rings. The van der Waals surface area contributed by atoms with Gasteiger partial charge in [0, 0.05) is 17.3 Å². The summed E-state index contributed by atoms with van der Waals surface area (Å²) in [6.45, 7) is -0.456. The molecule has 1 aliphatic carbocycles. The molecule has 1 saturated heterocycles. The summed E-state index contributed by atoms with van der Waals surface area (Å²) in [5, 5.41) is 7.04. The van der Waals surface area contributed by atoms with E-state index in [0.29, 0.717) is 6.42 Å². The predicted octanol–water partition coefficient (Wildman–Crippen LogP) is 0.821. The van der Waals surface area contributed by atoms with Gasteiger partial charge in [-0.25, -0.2) is 17.9 Å². The molecule has 148 valence electrons. The Hall–Kier alpha value is -2.68. The first-order chi connectivity index (χ1) is 13.4. The summed E-state index contributed by atoms with van der Waals surface area (Å²) in [5.41, 5.74) is 2.99. The molecule has 0 bridgehead atoms. The summed E-state index contributed by atoms with van der Waals surface area (Å²) in [5.74, 6) is -1.14. The average Bonchev–Trinajstić information content (AvgIpc) is 3.35. The third kappa shape index (κ3) is 3.80. The lowest BCUT2D eigenvalue weighted by Crippen LogP contribution is -2.38. The molecule has 0 radical (unpaired) electrons. The molecule has 2 heterocycles. The summed E-state index contributed by atoms with van der Waals surface area (Å²) in [7, 11) is -3.08. The zero-order valence-corrected chi connectivity index (χ0v) is 16.1. The number of para-hydroxylation sites is 1. The molecule has 0 spiro atoms. The summed E-state index contributed by atoms with van der Waals surface area (Å²) in [4.78, 5) is 24.5. The maximum atomic E-state index is 12.5. The monoisotopic (exact) mass is 403 g/mol. The fraction of sp³-hybridized carbons (Fsp3) is 0.421. The molecule has 0 saturated carbocycles. The molecule has 4 rings (SSSR count). The van der Waals surface area contributed by atoms with E-state index < -0.39 is 34.4 Å². The van der Waals surface area contributed by atoms with Crippen LogP contribution < -0.4 is 5.32 Å². The van der Waals surface area contributed by atoms with Crippen LogP contribution in [-0.2, 0) is 32.2 Å². The van der Waals surface area contributed by atoms with Gasteiger partial charge >= 0.3 is 5.97 Å². The van der Waals surface area contributed by atoms with E-state index >= 15 is 0 Å². The Kier molecular flexibility index (Phi) is 4.92. The number of nitrogens with zero attached hydrogens (tertiary/aromatic N) is 2. The van der Waals surface area contributed by atoms with Crippen molar-refractivity contribution in [1.29, 1.82) is 0 Å². The Labute approximate surface area is 162 Å². The first-order valence-corrected chi connectivity index (χ1v) is 11.1. The zero-order valence-electron chi connectivity index (χ0n) is 15.3. The molecule has 1 fully saturated rings. The summed E-state index contributed by atoms with van der Waals surface area (Å²) < 4.78 is 29.8. The van der Waals surface area contributed by atoms with Crippen LogP contribution in [0.3, 0.4) is 0 Å². The van der Waals surface area contributed by atoms with Gasteiger partial charge in [-0.15, -0.1) is 0 Å². The molecule has 1 atom stereocenters. The van der Waals surface area contributed by atoms with Gasteiger partial charge in [-0.1, -0.05) is 18.2 Å². The first-order valence-electron chi connectivity index (χ1n) is 9.26. The second-order valence-corrected chi connectivity index (χ2v) is 9.35. The molecule has 8 nitrogen and oxygen atoms in total. The topological polar surface area (TPSA) is 107 Å². The van der Waals surface area contributed by atoms with E-state index in [1.807, 2.05) is 30.3 Å². The van der Waals surface area contributed by atoms with E-state index in [4.69, 9.17) is 4.74 Å². The van der Waals surface area contributed by atoms with Crippen LogP contribution in [0.1, 0.15) is 34.6 Å². The van der Waals surface area contributed by atoms with Crippen molar-refractivity contribution in [2.24, 2.45) is 0 Å². The minimum absolute atomic E-state index is 0.0678. The van der Waals surface area contributed by atoms with Gasteiger partial charge in [-0.3, -0.25) is 4.79 Å². The Balaban J connectivity index is 1.42. The fourth-order valence-corrected chi connectivity index (χ4v) is 5.44. The third-order valence-electron chi connectivity index (χ3n) is 5.06. The SMILES string of the molecule is O=C(COC(=O)c1nn(-c2ccccc2)c2c1CCC2)NC1CCS(=O)(=O)C1. The fourth-order valence-electron chi connectivity index (χ4n) is 3.76. The number of hydrogen-bond donors (Lipinski definition) is 1. The van der Waals surface area contributed by atoms with Crippen molar-refractivity contribution in [3.8, 4) is 5.69 Å². The number of ether oxygens (including phenoxy) is 1. The molecule has 1 amide bonds. The van der Waals surface area contributed by atoms with E-state index in [9.17, 15) is 18.0 Å². The molecule has 28 heavy (non-hydrogen) atoms. The largest absolute Gasteiger partial charge is 0.451 e. The van der Waals surface area contributed by atoms with Crippen LogP contribution in [0.2, 0.25) is 0 Å². The molecule has 9 heteroatoms. The second-order valence-electron chi connectivity index (χ2n) is 7.12. The maximum Gasteiger partial charge on any atom is 0.359 e. The smallest absolute Gasteiger partial charge is 0.359 e. The summed E-state index contributed by atoms with van der Waals surface area (Å²) in [6.07, 6.45) is 2.91. The van der Waals surface area contributed by atoms with Gasteiger partial charge in [-0.05, 0) is 37.8 Å². The number of hydrogen-bond acceptors (Lipinski definition) is 6. The minimum atomic E-state index is -3.08. The Morgan fingerprint density at radius 3 is 2.71 bits per heavy atom. The summed E-state index contributed by atoms with van der Waals surface area (Å²) >= 11 is 0. The van der Waals surface area contributed by atoms with Crippen LogP contribution in [0.4, 0.5) is 0 Å². The lowest BCUT2D eigenvalue weighted by atomic mass is 10.2. The van der Waals surface area contributed by atoms with Crippen molar-refractivity contribution in [2.45, 2.75) is 31.7 Å². The van der Waals surface area contributed by atoms with Crippen LogP contribution in [0, 0.1) is 0 Å². The van der Waals surface area contributed by atoms with Crippen molar-refractivity contribution < 1.29 is 22.7 Å². The van der Waals surface area contributed by atoms with Crippen molar-refractivity contribution >= 4 is 21.7 Å². The maximum absolute atomic E-state index is 12.5. The number of aromatic nitrogens is 2. The number of esters is 1. The Morgan fingerprint density at radius 2 is 2.00 bits per heavy atom. The molecular formula is C19H21N3O5S. The lowest BCUT2D eigenvalue weighted by Gasteiger charge is -2.10. The standard InChI is InChI=1S/C19H21N3O5S/c23-17(20-13-9-10-28(25,26)12-13)11-27-19(24)18-15-7-4-8-16(15)22(21-18)14-5-2-1-3-6-14/h1-3,5-6,13H,4,7-12H2,(H,20,23). The molecule has 1 N–H and O–H groups in total. The number of carbonyl (C=O) groups is 2. The molecule has 2 aliphatic rings. The van der Waals surface area contributed by atoms with E-state index in [1.54, 1.807) is 4.68 Å². The highest BCUT2D eigenvalue weighted by Gasteiger charge is 2.30. The number of rotatable bonds is 5. The molecule has 1 aromatic carbocycles. The first kappa shape index (κ1) is 18.7. The van der Waals surface area contributed by atoms with Gasteiger partial charge in [0.05, 0.1) is 17.2 Å². The van der Waals surface area contributed by atoms with Crippen LogP contribution in [0.5, 0.6) is 0 Å². The van der Waals surface area contributed by atoms with Gasteiger partial charge in [0.2, 0.25) is 0 Å². The molecular weight excluding hydrogens is 382 g/mol. The van der Waals surface area contributed by atoms with E-state index in [0.717, 1.165) is 36.2 Å². The highest BCUT2D eigenvalue weighted by atomic mass is 32.2. The highest BCUT2D eigenvalue weighted by molar-refractivity contribution is 7.91. The van der Waals surface area contributed by atoms with Gasteiger partial charge in [0.15, 0.2) is 22.1 Å². The number of benzene rings is 1. The van der Waals surface area contributed by atoms with Crippen molar-refractivity contribution in [3.05, 3.63) is 47.3 Å². The van der Waals surface area contributed by atoms with Crippen LogP contribution in [0.25, 0.3) is 5.69 Å². The number of fused-ring (bicyclic) bond motifs is 1. The van der Waals surface area contributed by atoms with Crippen LogP contribution >= 0.6 is 0 Å². The summed E-state index contributed by atoms with van der Waals surface area (Å²) in [6, 6.07) is 9.15. The van der Waals surface area contributed by atoms with Crippen molar-refractivity contribution in [3.63, 3.8) is 0 Å². The molecule has 1 aromatic heterocycles. The van der Waals surface area contributed by atoms with Crippen LogP contribution in [-0.4, -0.2) is 54.2 Å². The van der Waals surface area contributed by atoms with Crippen molar-refractivity contribution in [2.75, 3.05) is 18.1 Å². The zero-order chi connectivity index (χ0) is 19.7. The van der Waals surface area contributed by atoms with Crippen molar-refractivity contribution in [1.82, 2.24) is 15.1 Å². The Bertz CT molecular complexity index is 1010. The number of carbonyl (C=O) groups excluding carboxylic acids is 2. The van der Waals surface area contributed by atoms with Gasteiger partial charge in [-0.2, -0.15) is 5.10 Å². The third-order valence-corrected chi connectivity index (χ3v) is 6.82. The number of amides is 1. The van der Waals surface area contributed by atoms with E-state index in [2.05, 4.69) is 10.4 Å². The normalized spacial score (nSPS) is 19.9. The van der Waals surface area contributed by atoms with E-state index in [1.165, 1.54) is 0 Å². The minimum Gasteiger partial charge on any atom is -0.451 e. The molecule has 1 aliphatic heterocycles. The average molecular weight is 403 g/mol. The second kappa shape index (κ2) is 7.38. The number of nitrogens with one attached hydrogen (secondary N) is 1. The van der Waals surface area contributed by atoms with Gasteiger partial charge in [0.1, 0.15) is 0 Å². The Morgan fingerprint density at radius 1 is 1.21 bits per heavy atom. The lowest BCUT2D eigenvalue weighted by molar-refractivity contribution is -0.124. The van der Waals surface area contributed by atoms with Gasteiger partial charge in [0.25, 0.3) is 5.91 Å². The van der Waals surface area contributed by atoms with Gasteiger partial charge < -0.3 is 10.1 Å². The quantitative estimate of drug-likeness (QED) is 0.741. The van der Waals surface area contributed by atoms with E-state index in [-0.39, 0.29) is 17.2 Å². The number of sulfone groups is 1. The highest BCUT2D eigenvalue weighted by Crippen LogP contribution is 2.28. The predicted molar refractivity (Wildman–Crippen MR) is 101 cm³/mol. The van der Waals surface area contributed by atoms with Crippen LogP contribution in [0.15, 0.2) is 30.3 Å².